The summed E-state index contributed by atoms with van der Waals surface area (Å²) in [6.45, 7) is 4.11. The zero-order valence-electron chi connectivity index (χ0n) is 15.0. The van der Waals surface area contributed by atoms with Crippen LogP contribution in [0.5, 0.6) is 0 Å². The molecular formula is C19H26N4OS. The third kappa shape index (κ3) is 4.26. The maximum Gasteiger partial charge on any atom is 0.222 e. The predicted molar refractivity (Wildman–Crippen MR) is 101 cm³/mol. The fourth-order valence-electron chi connectivity index (χ4n) is 3.26. The van der Waals surface area contributed by atoms with Crippen LogP contribution in [0.2, 0.25) is 0 Å². The van der Waals surface area contributed by atoms with E-state index in [0.29, 0.717) is 6.42 Å². The second-order valence-electron chi connectivity index (χ2n) is 6.70. The van der Waals surface area contributed by atoms with Gasteiger partial charge in [0.15, 0.2) is 0 Å². The average molecular weight is 359 g/mol. The van der Waals surface area contributed by atoms with Crippen LogP contribution < -0.4 is 10.9 Å². The number of thiazole rings is 1. The molecule has 5 nitrogen and oxygen atoms in total. The van der Waals surface area contributed by atoms with Gasteiger partial charge in [0.1, 0.15) is 0 Å². The molecule has 1 aromatic heterocycles. The number of carbonyl (C=O) groups is 1. The summed E-state index contributed by atoms with van der Waals surface area (Å²) < 4.78 is 0. The highest BCUT2D eigenvalue weighted by atomic mass is 32.1. The van der Waals surface area contributed by atoms with Crippen molar-refractivity contribution >= 4 is 17.2 Å². The van der Waals surface area contributed by atoms with Gasteiger partial charge in [-0.15, -0.1) is 11.3 Å². The molecule has 6 heteroatoms. The lowest BCUT2D eigenvalue weighted by molar-refractivity contribution is -0.132. The summed E-state index contributed by atoms with van der Waals surface area (Å²) in [6.07, 6.45) is 2.28. The monoisotopic (exact) mass is 358 g/mol. The molecule has 134 valence electrons. The van der Waals surface area contributed by atoms with Crippen LogP contribution in [0.4, 0.5) is 0 Å². The Hall–Kier alpha value is -1.76. The first kappa shape index (κ1) is 18.0. The summed E-state index contributed by atoms with van der Waals surface area (Å²) in [5, 5.41) is 0. The molecule has 0 spiro atoms. The zero-order valence-corrected chi connectivity index (χ0v) is 15.8. The lowest BCUT2D eigenvalue weighted by Gasteiger charge is -2.29. The summed E-state index contributed by atoms with van der Waals surface area (Å²) in [4.78, 5) is 19.9. The maximum atomic E-state index is 12.6. The third-order valence-electron chi connectivity index (χ3n) is 5.13. The number of aryl methyl sites for hydroxylation is 2. The van der Waals surface area contributed by atoms with Gasteiger partial charge in [0.2, 0.25) is 5.91 Å². The Labute approximate surface area is 153 Å². The summed E-state index contributed by atoms with van der Waals surface area (Å²) in [7, 11) is 1.91. The highest BCUT2D eigenvalue weighted by Gasteiger charge is 2.32. The standard InChI is InChI=1S/C19H26N4OS/c1-13-18(25-12-20-13)9-10-19(24)23(3)14(2)16-11-17(22-21-16)15-7-5-4-6-8-15/h4-8,12,14,16-17,21-22H,9-11H2,1-3H3. The van der Waals surface area contributed by atoms with Gasteiger partial charge in [-0.3, -0.25) is 10.2 Å². The average Bonchev–Trinajstić information content (AvgIpc) is 3.28. The van der Waals surface area contributed by atoms with Gasteiger partial charge in [0, 0.05) is 36.5 Å². The van der Waals surface area contributed by atoms with Crippen molar-refractivity contribution in [2.24, 2.45) is 0 Å². The fraction of sp³-hybridized carbons (Fsp3) is 0.474. The lowest BCUT2D eigenvalue weighted by Crippen LogP contribution is -2.48. The topological polar surface area (TPSA) is 57.3 Å². The van der Waals surface area contributed by atoms with E-state index in [-0.39, 0.29) is 24.0 Å². The van der Waals surface area contributed by atoms with Crippen LogP contribution in [0.15, 0.2) is 35.8 Å². The minimum absolute atomic E-state index is 0.135. The number of likely N-dealkylation sites (N-methyl/N-ethyl adjacent to an activating group) is 1. The van der Waals surface area contributed by atoms with E-state index in [4.69, 9.17) is 0 Å². The van der Waals surface area contributed by atoms with Crippen molar-refractivity contribution in [2.75, 3.05) is 7.05 Å². The van der Waals surface area contributed by atoms with Crippen LogP contribution in [0, 0.1) is 6.92 Å². The van der Waals surface area contributed by atoms with Crippen LogP contribution in [-0.4, -0.2) is 34.9 Å². The van der Waals surface area contributed by atoms with Gasteiger partial charge >= 0.3 is 0 Å². The van der Waals surface area contributed by atoms with Gasteiger partial charge in [-0.1, -0.05) is 30.3 Å². The molecule has 2 aromatic rings. The Bertz CT molecular complexity index is 702. The van der Waals surface area contributed by atoms with Gasteiger partial charge in [0.25, 0.3) is 0 Å². The van der Waals surface area contributed by atoms with E-state index in [9.17, 15) is 4.79 Å². The molecule has 3 unspecified atom stereocenters. The van der Waals surface area contributed by atoms with Crippen LogP contribution in [0.3, 0.4) is 0 Å². The largest absolute Gasteiger partial charge is 0.341 e. The fourth-order valence-corrected chi connectivity index (χ4v) is 4.04. The number of hydrogen-bond acceptors (Lipinski definition) is 5. The smallest absolute Gasteiger partial charge is 0.222 e. The molecule has 1 aliphatic rings. The van der Waals surface area contributed by atoms with E-state index >= 15 is 0 Å². The molecule has 3 rings (SSSR count). The van der Waals surface area contributed by atoms with E-state index in [2.05, 4.69) is 47.0 Å². The number of amides is 1. The first-order valence-corrected chi connectivity index (χ1v) is 9.65. The van der Waals surface area contributed by atoms with Gasteiger partial charge in [-0.25, -0.2) is 10.4 Å². The Kier molecular flexibility index (Phi) is 5.83. The second-order valence-corrected chi connectivity index (χ2v) is 7.64. The Morgan fingerprint density at radius 2 is 2.12 bits per heavy atom. The molecular weight excluding hydrogens is 332 g/mol. The van der Waals surface area contributed by atoms with Gasteiger partial charge in [-0.05, 0) is 32.3 Å². The van der Waals surface area contributed by atoms with Crippen molar-refractivity contribution in [3.05, 3.63) is 52.0 Å². The summed E-state index contributed by atoms with van der Waals surface area (Å²) in [5.41, 5.74) is 10.9. The first-order valence-electron chi connectivity index (χ1n) is 8.77. The molecule has 2 heterocycles. The number of benzene rings is 1. The third-order valence-corrected chi connectivity index (χ3v) is 6.13. The first-order chi connectivity index (χ1) is 12.1. The van der Waals surface area contributed by atoms with Gasteiger partial charge < -0.3 is 4.90 Å². The van der Waals surface area contributed by atoms with Crippen LogP contribution in [0.1, 0.15) is 41.9 Å². The van der Waals surface area contributed by atoms with E-state index in [1.54, 1.807) is 11.3 Å². The Balaban J connectivity index is 1.52. The molecule has 1 saturated heterocycles. The molecule has 25 heavy (non-hydrogen) atoms. The van der Waals surface area contributed by atoms with Crippen molar-refractivity contribution in [1.29, 1.82) is 0 Å². The highest BCUT2D eigenvalue weighted by molar-refractivity contribution is 7.09. The quantitative estimate of drug-likeness (QED) is 0.834. The number of nitrogens with one attached hydrogen (secondary N) is 2. The van der Waals surface area contributed by atoms with Crippen molar-refractivity contribution in [1.82, 2.24) is 20.7 Å². The van der Waals surface area contributed by atoms with Crippen LogP contribution in [-0.2, 0) is 11.2 Å². The van der Waals surface area contributed by atoms with Crippen molar-refractivity contribution in [2.45, 2.75) is 51.2 Å². The number of nitrogens with zero attached hydrogens (tertiary/aromatic N) is 2. The van der Waals surface area contributed by atoms with Crippen molar-refractivity contribution in [3.8, 4) is 0 Å². The maximum absolute atomic E-state index is 12.6. The lowest BCUT2D eigenvalue weighted by atomic mass is 9.98. The van der Waals surface area contributed by atoms with E-state index in [1.807, 2.05) is 30.4 Å². The molecule has 1 amide bonds. The van der Waals surface area contributed by atoms with E-state index in [1.165, 1.54) is 10.4 Å². The zero-order chi connectivity index (χ0) is 17.8. The molecule has 1 aromatic carbocycles. The number of hydrogen-bond donors (Lipinski definition) is 2. The summed E-state index contributed by atoms with van der Waals surface area (Å²) >= 11 is 1.63. The van der Waals surface area contributed by atoms with Crippen molar-refractivity contribution in [3.63, 3.8) is 0 Å². The van der Waals surface area contributed by atoms with Crippen LogP contribution >= 0.6 is 11.3 Å². The molecule has 0 bridgehead atoms. The van der Waals surface area contributed by atoms with E-state index < -0.39 is 0 Å². The summed E-state index contributed by atoms with van der Waals surface area (Å²) in [6, 6.07) is 11.1. The van der Waals surface area contributed by atoms with Crippen LogP contribution in [0.25, 0.3) is 0 Å². The Morgan fingerprint density at radius 1 is 1.36 bits per heavy atom. The van der Waals surface area contributed by atoms with Gasteiger partial charge in [0.05, 0.1) is 11.2 Å². The molecule has 0 saturated carbocycles. The highest BCUT2D eigenvalue weighted by Crippen LogP contribution is 2.25. The molecule has 2 N–H and O–H groups in total. The van der Waals surface area contributed by atoms with Crippen molar-refractivity contribution < 1.29 is 4.79 Å². The predicted octanol–water partition coefficient (Wildman–Crippen LogP) is 2.84. The number of aromatic nitrogens is 1. The molecule has 1 fully saturated rings. The number of hydrazine groups is 1. The minimum Gasteiger partial charge on any atom is -0.341 e. The normalized spacial score (nSPS) is 21.2. The molecule has 0 radical (unpaired) electrons. The second kappa shape index (κ2) is 8.08. The SMILES string of the molecule is Cc1ncsc1CCC(=O)N(C)C(C)C1CC(c2ccccc2)NN1. The number of rotatable bonds is 6. The number of carbonyl (C=O) groups excluding carboxylic acids is 1. The van der Waals surface area contributed by atoms with Gasteiger partial charge in [-0.2, -0.15) is 0 Å². The summed E-state index contributed by atoms with van der Waals surface area (Å²) in [5.74, 6) is 0.185. The molecule has 0 aliphatic carbocycles. The van der Waals surface area contributed by atoms with E-state index in [0.717, 1.165) is 18.5 Å². The Morgan fingerprint density at radius 3 is 2.80 bits per heavy atom. The molecule has 1 aliphatic heterocycles. The molecule has 3 atom stereocenters. The minimum atomic E-state index is 0.135.